The molecule has 0 saturated heterocycles. The maximum absolute atomic E-state index is 9.77. The zero-order valence-electron chi connectivity index (χ0n) is 8.82. The van der Waals surface area contributed by atoms with Crippen LogP contribution in [0.25, 0.3) is 10.4 Å². The summed E-state index contributed by atoms with van der Waals surface area (Å²) >= 11 is 1.60. The van der Waals surface area contributed by atoms with Gasteiger partial charge in [0, 0.05) is 0 Å². The van der Waals surface area contributed by atoms with Gasteiger partial charge in [0.05, 0.1) is 16.1 Å². The van der Waals surface area contributed by atoms with Crippen molar-refractivity contribution in [2.45, 2.75) is 20.3 Å². The van der Waals surface area contributed by atoms with Crippen LogP contribution in [-0.2, 0) is 6.42 Å². The van der Waals surface area contributed by atoms with E-state index in [-0.39, 0.29) is 0 Å². The Morgan fingerprint density at radius 3 is 2.73 bits per heavy atom. The van der Waals surface area contributed by atoms with E-state index in [1.807, 2.05) is 37.6 Å². The molecule has 1 heterocycles. The van der Waals surface area contributed by atoms with Gasteiger partial charge in [-0.05, 0) is 30.5 Å². The molecule has 0 amide bonds. The molecule has 2 nitrogen and oxygen atoms in total. The van der Waals surface area contributed by atoms with Gasteiger partial charge in [-0.1, -0.05) is 19.1 Å². The molecule has 2 aromatic rings. The fraction of sp³-hybridized carbons (Fsp3) is 0.250. The topological polar surface area (TPSA) is 33.1 Å². The van der Waals surface area contributed by atoms with E-state index < -0.39 is 0 Å². The zero-order chi connectivity index (χ0) is 10.8. The van der Waals surface area contributed by atoms with E-state index in [1.165, 1.54) is 0 Å². The molecule has 0 unspecified atom stereocenters. The Bertz CT molecular complexity index is 476. The van der Waals surface area contributed by atoms with E-state index >= 15 is 0 Å². The van der Waals surface area contributed by atoms with Gasteiger partial charge < -0.3 is 5.11 Å². The van der Waals surface area contributed by atoms with Crippen LogP contribution in [0.2, 0.25) is 0 Å². The van der Waals surface area contributed by atoms with Crippen molar-refractivity contribution in [1.29, 1.82) is 0 Å². The lowest BCUT2D eigenvalue weighted by Gasteiger charge is -2.04. The average Bonchev–Trinajstić information content (AvgIpc) is 2.64. The summed E-state index contributed by atoms with van der Waals surface area (Å²) in [6, 6.07) is 5.84. The molecular weight excluding hydrogens is 206 g/mol. The first-order chi connectivity index (χ1) is 7.22. The van der Waals surface area contributed by atoms with E-state index in [4.69, 9.17) is 0 Å². The van der Waals surface area contributed by atoms with Crippen molar-refractivity contribution in [1.82, 2.24) is 4.98 Å². The summed E-state index contributed by atoms with van der Waals surface area (Å²) in [6.45, 7) is 4.02. The number of hydrogen-bond acceptors (Lipinski definition) is 3. The predicted octanol–water partition coefficient (Wildman–Crippen LogP) is 3.39. The summed E-state index contributed by atoms with van der Waals surface area (Å²) in [5.41, 5.74) is 4.88. The first-order valence-corrected chi connectivity index (χ1v) is 5.82. The van der Waals surface area contributed by atoms with Crippen molar-refractivity contribution >= 4 is 11.3 Å². The van der Waals surface area contributed by atoms with Crippen LogP contribution in [0.15, 0.2) is 23.7 Å². The second-order valence-corrected chi connectivity index (χ2v) is 4.32. The monoisotopic (exact) mass is 219 g/mol. The van der Waals surface area contributed by atoms with Crippen LogP contribution >= 0.6 is 11.3 Å². The third-order valence-corrected chi connectivity index (χ3v) is 3.45. The van der Waals surface area contributed by atoms with Gasteiger partial charge in [0.1, 0.15) is 5.75 Å². The third kappa shape index (κ3) is 1.88. The maximum Gasteiger partial charge on any atom is 0.119 e. The highest BCUT2D eigenvalue weighted by molar-refractivity contribution is 7.13. The summed E-state index contributed by atoms with van der Waals surface area (Å²) < 4.78 is 0. The molecule has 0 bridgehead atoms. The highest BCUT2D eigenvalue weighted by Gasteiger charge is 2.07. The maximum atomic E-state index is 9.77. The van der Waals surface area contributed by atoms with E-state index in [0.29, 0.717) is 5.75 Å². The zero-order valence-corrected chi connectivity index (χ0v) is 9.64. The lowest BCUT2D eigenvalue weighted by molar-refractivity contribution is 0.469. The van der Waals surface area contributed by atoms with Crippen LogP contribution in [0, 0.1) is 6.92 Å². The van der Waals surface area contributed by atoms with Gasteiger partial charge >= 0.3 is 0 Å². The van der Waals surface area contributed by atoms with Crippen molar-refractivity contribution in [3.63, 3.8) is 0 Å². The Morgan fingerprint density at radius 1 is 1.40 bits per heavy atom. The molecule has 1 aromatic carbocycles. The number of phenolic OH excluding ortho intramolecular Hbond substituents is 1. The number of benzene rings is 1. The smallest absolute Gasteiger partial charge is 0.119 e. The molecule has 0 saturated carbocycles. The van der Waals surface area contributed by atoms with Crippen LogP contribution in [-0.4, -0.2) is 10.1 Å². The molecule has 0 aliphatic heterocycles. The molecule has 78 valence electrons. The number of rotatable bonds is 2. The van der Waals surface area contributed by atoms with E-state index in [1.54, 1.807) is 11.3 Å². The highest BCUT2D eigenvalue weighted by Crippen LogP contribution is 2.31. The Kier molecular flexibility index (Phi) is 2.73. The number of aromatic nitrogens is 1. The highest BCUT2D eigenvalue weighted by atomic mass is 32.1. The number of nitrogens with zero attached hydrogens (tertiary/aromatic N) is 1. The fourth-order valence-electron chi connectivity index (χ4n) is 1.58. The lowest BCUT2D eigenvalue weighted by Crippen LogP contribution is -1.83. The first kappa shape index (κ1) is 10.2. The first-order valence-electron chi connectivity index (χ1n) is 4.94. The van der Waals surface area contributed by atoms with Crippen molar-refractivity contribution in [2.75, 3.05) is 0 Å². The molecular formula is C12H13NOS. The lowest BCUT2D eigenvalue weighted by atomic mass is 10.1. The Morgan fingerprint density at radius 2 is 2.20 bits per heavy atom. The van der Waals surface area contributed by atoms with Gasteiger partial charge in [-0.25, -0.2) is 4.98 Å². The van der Waals surface area contributed by atoms with Crippen LogP contribution in [0.4, 0.5) is 0 Å². The van der Waals surface area contributed by atoms with Gasteiger partial charge in [0.25, 0.3) is 0 Å². The van der Waals surface area contributed by atoms with Gasteiger partial charge in [-0.15, -0.1) is 11.3 Å². The minimum Gasteiger partial charge on any atom is -0.508 e. The Hall–Kier alpha value is -1.35. The Labute approximate surface area is 93.2 Å². The number of aromatic hydroxyl groups is 1. The van der Waals surface area contributed by atoms with Crippen molar-refractivity contribution < 1.29 is 5.11 Å². The fourth-order valence-corrected chi connectivity index (χ4v) is 2.39. The molecule has 1 N–H and O–H groups in total. The predicted molar refractivity (Wildman–Crippen MR) is 63.3 cm³/mol. The summed E-state index contributed by atoms with van der Waals surface area (Å²) in [6.07, 6.45) is 0.855. The van der Waals surface area contributed by atoms with Crippen LogP contribution in [0.1, 0.15) is 18.2 Å². The summed E-state index contributed by atoms with van der Waals surface area (Å²) in [4.78, 5) is 5.33. The molecule has 0 atom stereocenters. The number of aryl methyl sites for hydroxylation is 2. The average molecular weight is 219 g/mol. The van der Waals surface area contributed by atoms with Gasteiger partial charge in [0.15, 0.2) is 0 Å². The number of hydrogen-bond donors (Lipinski definition) is 1. The van der Waals surface area contributed by atoms with Crippen LogP contribution in [0.5, 0.6) is 5.75 Å². The van der Waals surface area contributed by atoms with E-state index in [9.17, 15) is 5.11 Å². The van der Waals surface area contributed by atoms with Crippen molar-refractivity contribution in [3.8, 4) is 16.2 Å². The molecule has 1 aromatic heterocycles. The minimum absolute atomic E-state index is 0.378. The molecule has 3 heteroatoms. The molecule has 0 aliphatic carbocycles. The quantitative estimate of drug-likeness (QED) is 0.839. The van der Waals surface area contributed by atoms with Gasteiger partial charge in [-0.3, -0.25) is 0 Å². The molecule has 0 aliphatic rings. The van der Waals surface area contributed by atoms with Gasteiger partial charge in [0.2, 0.25) is 0 Å². The molecule has 0 fully saturated rings. The van der Waals surface area contributed by atoms with E-state index in [2.05, 4.69) is 4.98 Å². The van der Waals surface area contributed by atoms with Crippen molar-refractivity contribution in [3.05, 3.63) is 35.0 Å². The summed E-state index contributed by atoms with van der Waals surface area (Å²) in [5.74, 6) is 0.378. The van der Waals surface area contributed by atoms with Crippen LogP contribution < -0.4 is 0 Å². The second-order valence-electron chi connectivity index (χ2n) is 3.46. The van der Waals surface area contributed by atoms with Gasteiger partial charge in [-0.2, -0.15) is 0 Å². The summed E-state index contributed by atoms with van der Waals surface area (Å²) in [7, 11) is 0. The molecule has 0 spiro atoms. The standard InChI is InChI=1S/C12H13NOS/c1-3-9-4-5-10(6-11(9)14)12-8(2)13-7-15-12/h4-7,14H,3H2,1-2H3. The second kappa shape index (κ2) is 4.03. The Balaban J connectivity index is 2.47. The normalized spacial score (nSPS) is 10.5. The van der Waals surface area contributed by atoms with Crippen LogP contribution in [0.3, 0.4) is 0 Å². The van der Waals surface area contributed by atoms with E-state index in [0.717, 1.165) is 28.1 Å². The summed E-state index contributed by atoms with van der Waals surface area (Å²) in [5, 5.41) is 9.77. The largest absolute Gasteiger partial charge is 0.508 e. The molecule has 15 heavy (non-hydrogen) atoms. The minimum atomic E-state index is 0.378. The molecule has 2 rings (SSSR count). The third-order valence-electron chi connectivity index (χ3n) is 2.47. The number of phenols is 1. The number of thiazole rings is 1. The SMILES string of the molecule is CCc1ccc(-c2scnc2C)cc1O. The van der Waals surface area contributed by atoms with Crippen molar-refractivity contribution in [2.24, 2.45) is 0 Å². The molecule has 0 radical (unpaired) electrons.